The Morgan fingerprint density at radius 2 is 2.00 bits per heavy atom. The van der Waals surface area contributed by atoms with Crippen LogP contribution in [0.4, 0.5) is 11.4 Å². The fourth-order valence-electron chi connectivity index (χ4n) is 4.24. The van der Waals surface area contributed by atoms with Gasteiger partial charge in [0.2, 0.25) is 11.8 Å². The summed E-state index contributed by atoms with van der Waals surface area (Å²) in [6, 6.07) is 19.9. The highest BCUT2D eigenvalue weighted by Gasteiger charge is 2.22. The van der Waals surface area contributed by atoms with Gasteiger partial charge >= 0.3 is 0 Å². The van der Waals surface area contributed by atoms with Gasteiger partial charge in [-0.1, -0.05) is 24.3 Å². The highest BCUT2D eigenvalue weighted by Crippen LogP contribution is 2.24. The first-order chi connectivity index (χ1) is 16.5. The minimum Gasteiger partial charge on any atom is -0.497 e. The molecule has 3 aromatic rings. The van der Waals surface area contributed by atoms with Crippen molar-refractivity contribution in [2.45, 2.75) is 38.8 Å². The average molecular weight is 478 g/mol. The number of carbonyl (C=O) groups is 2. The zero-order valence-electron chi connectivity index (χ0n) is 19.7. The molecule has 1 fully saturated rings. The van der Waals surface area contributed by atoms with Crippen LogP contribution in [0.5, 0.6) is 5.75 Å². The SMILES string of the molecule is COc1ccc(CN(CC(=O)Nc2cccc(N3CCCC3=O)c2)C(C)Cc2cccs2)cc1. The fourth-order valence-corrected chi connectivity index (χ4v) is 5.07. The average Bonchev–Trinajstić information content (AvgIpc) is 3.51. The number of ether oxygens (including phenoxy) is 1. The molecule has 1 N–H and O–H groups in total. The zero-order chi connectivity index (χ0) is 23.9. The first-order valence-electron chi connectivity index (χ1n) is 11.6. The molecule has 1 aromatic heterocycles. The third kappa shape index (κ3) is 6.24. The van der Waals surface area contributed by atoms with E-state index in [0.29, 0.717) is 18.7 Å². The second-order valence-electron chi connectivity index (χ2n) is 8.63. The zero-order valence-corrected chi connectivity index (χ0v) is 20.5. The minimum absolute atomic E-state index is 0.0727. The Balaban J connectivity index is 1.45. The Bertz CT molecular complexity index is 1100. The largest absolute Gasteiger partial charge is 0.497 e. The number of benzene rings is 2. The van der Waals surface area contributed by atoms with Crippen molar-refractivity contribution < 1.29 is 14.3 Å². The minimum atomic E-state index is -0.0727. The van der Waals surface area contributed by atoms with Crippen LogP contribution in [0.1, 0.15) is 30.2 Å². The molecule has 0 spiro atoms. The lowest BCUT2D eigenvalue weighted by Gasteiger charge is -2.28. The van der Waals surface area contributed by atoms with Crippen molar-refractivity contribution in [3.05, 3.63) is 76.5 Å². The van der Waals surface area contributed by atoms with E-state index in [9.17, 15) is 9.59 Å². The van der Waals surface area contributed by atoms with Gasteiger partial charge in [0.05, 0.1) is 13.7 Å². The van der Waals surface area contributed by atoms with Crippen LogP contribution in [0.15, 0.2) is 66.0 Å². The maximum atomic E-state index is 13.1. The van der Waals surface area contributed by atoms with Gasteiger partial charge in [0.15, 0.2) is 0 Å². The van der Waals surface area contributed by atoms with E-state index in [1.807, 2.05) is 48.5 Å². The van der Waals surface area contributed by atoms with Gasteiger partial charge in [0, 0.05) is 41.8 Å². The van der Waals surface area contributed by atoms with E-state index in [1.165, 1.54) is 4.88 Å². The summed E-state index contributed by atoms with van der Waals surface area (Å²) < 4.78 is 5.27. The third-order valence-electron chi connectivity index (χ3n) is 6.11. The van der Waals surface area contributed by atoms with Crippen LogP contribution >= 0.6 is 11.3 Å². The molecule has 4 rings (SSSR count). The van der Waals surface area contributed by atoms with E-state index in [2.05, 4.69) is 34.7 Å². The van der Waals surface area contributed by atoms with E-state index in [1.54, 1.807) is 23.3 Å². The number of amides is 2. The summed E-state index contributed by atoms with van der Waals surface area (Å²) >= 11 is 1.74. The summed E-state index contributed by atoms with van der Waals surface area (Å²) in [5, 5.41) is 5.12. The molecular weight excluding hydrogens is 446 g/mol. The van der Waals surface area contributed by atoms with Crippen LogP contribution in [0.2, 0.25) is 0 Å². The molecule has 0 saturated carbocycles. The molecular formula is C27H31N3O3S. The molecule has 1 saturated heterocycles. The summed E-state index contributed by atoms with van der Waals surface area (Å²) in [7, 11) is 1.66. The Hall–Kier alpha value is -3.16. The van der Waals surface area contributed by atoms with E-state index in [4.69, 9.17) is 4.74 Å². The summed E-state index contributed by atoms with van der Waals surface area (Å²) in [5.74, 6) is 0.879. The number of rotatable bonds is 10. The summed E-state index contributed by atoms with van der Waals surface area (Å²) in [6.07, 6.45) is 2.34. The van der Waals surface area contributed by atoms with Crippen molar-refractivity contribution in [2.24, 2.45) is 0 Å². The number of thiophene rings is 1. The molecule has 1 aliphatic heterocycles. The van der Waals surface area contributed by atoms with E-state index in [-0.39, 0.29) is 24.4 Å². The van der Waals surface area contributed by atoms with Crippen molar-refractivity contribution in [2.75, 3.05) is 30.4 Å². The second-order valence-corrected chi connectivity index (χ2v) is 9.67. The fraction of sp³-hybridized carbons (Fsp3) is 0.333. The van der Waals surface area contributed by atoms with Gasteiger partial charge < -0.3 is 15.0 Å². The van der Waals surface area contributed by atoms with Crippen LogP contribution in [0, 0.1) is 0 Å². The number of carbonyl (C=O) groups excluding carboxylic acids is 2. The lowest BCUT2D eigenvalue weighted by Crippen LogP contribution is -2.40. The summed E-state index contributed by atoms with van der Waals surface area (Å²) in [5.41, 5.74) is 2.67. The van der Waals surface area contributed by atoms with Gasteiger partial charge in [0.1, 0.15) is 5.75 Å². The molecule has 6 nitrogen and oxygen atoms in total. The number of nitrogens with one attached hydrogen (secondary N) is 1. The van der Waals surface area contributed by atoms with Crippen molar-refractivity contribution in [1.29, 1.82) is 0 Å². The summed E-state index contributed by atoms with van der Waals surface area (Å²) in [4.78, 5) is 30.5. The maximum Gasteiger partial charge on any atom is 0.238 e. The van der Waals surface area contributed by atoms with E-state index in [0.717, 1.165) is 36.4 Å². The van der Waals surface area contributed by atoms with Crippen LogP contribution in [-0.4, -0.2) is 43.0 Å². The van der Waals surface area contributed by atoms with Crippen molar-refractivity contribution in [3.8, 4) is 5.75 Å². The second kappa shape index (κ2) is 11.3. The quantitative estimate of drug-likeness (QED) is 0.449. The van der Waals surface area contributed by atoms with Crippen molar-refractivity contribution >= 4 is 34.5 Å². The Morgan fingerprint density at radius 1 is 1.18 bits per heavy atom. The standard InChI is InChI=1S/C27H31N3O3S/c1-20(16-25-8-5-15-34-25)29(18-21-10-12-24(33-2)13-11-21)19-26(31)28-22-6-3-7-23(17-22)30-14-4-9-27(30)32/h3,5-8,10-13,15,17,20H,4,9,14,16,18-19H2,1-2H3,(H,28,31). The number of methoxy groups -OCH3 is 1. The van der Waals surface area contributed by atoms with Crippen molar-refractivity contribution in [1.82, 2.24) is 4.90 Å². The Kier molecular flexibility index (Phi) is 7.98. The normalized spacial score (nSPS) is 14.4. The van der Waals surface area contributed by atoms with Gasteiger partial charge in [-0.2, -0.15) is 0 Å². The molecule has 0 aliphatic carbocycles. The highest BCUT2D eigenvalue weighted by atomic mass is 32.1. The molecule has 1 unspecified atom stereocenters. The van der Waals surface area contributed by atoms with Gasteiger partial charge in [-0.3, -0.25) is 14.5 Å². The molecule has 0 radical (unpaired) electrons. The molecule has 2 aromatic carbocycles. The first kappa shape index (κ1) is 24.0. The molecule has 7 heteroatoms. The maximum absolute atomic E-state index is 13.1. The Morgan fingerprint density at radius 3 is 2.68 bits per heavy atom. The van der Waals surface area contributed by atoms with Gasteiger partial charge in [0.25, 0.3) is 0 Å². The topological polar surface area (TPSA) is 61.9 Å². The molecule has 1 atom stereocenters. The van der Waals surface area contributed by atoms with Crippen LogP contribution in [-0.2, 0) is 22.6 Å². The molecule has 34 heavy (non-hydrogen) atoms. The van der Waals surface area contributed by atoms with Gasteiger partial charge in [-0.15, -0.1) is 11.3 Å². The molecule has 2 heterocycles. The highest BCUT2D eigenvalue weighted by molar-refractivity contribution is 7.09. The summed E-state index contributed by atoms with van der Waals surface area (Å²) in [6.45, 7) is 3.82. The third-order valence-corrected chi connectivity index (χ3v) is 7.01. The van der Waals surface area contributed by atoms with Gasteiger partial charge in [-0.25, -0.2) is 0 Å². The lowest BCUT2D eigenvalue weighted by atomic mass is 10.1. The van der Waals surface area contributed by atoms with Gasteiger partial charge in [-0.05, 0) is 67.1 Å². The van der Waals surface area contributed by atoms with E-state index < -0.39 is 0 Å². The molecule has 1 aliphatic rings. The monoisotopic (exact) mass is 477 g/mol. The molecule has 2 amide bonds. The predicted octanol–water partition coefficient (Wildman–Crippen LogP) is 4.96. The number of hydrogen-bond donors (Lipinski definition) is 1. The van der Waals surface area contributed by atoms with E-state index >= 15 is 0 Å². The number of hydrogen-bond acceptors (Lipinski definition) is 5. The predicted molar refractivity (Wildman–Crippen MR) is 138 cm³/mol. The molecule has 0 bridgehead atoms. The van der Waals surface area contributed by atoms with Crippen LogP contribution < -0.4 is 15.0 Å². The molecule has 178 valence electrons. The number of nitrogens with zero attached hydrogens (tertiary/aromatic N) is 2. The lowest BCUT2D eigenvalue weighted by molar-refractivity contribution is -0.118. The van der Waals surface area contributed by atoms with Crippen LogP contribution in [0.25, 0.3) is 0 Å². The van der Waals surface area contributed by atoms with Crippen molar-refractivity contribution in [3.63, 3.8) is 0 Å². The number of anilines is 2. The Labute approximate surface area is 205 Å². The van der Waals surface area contributed by atoms with Crippen LogP contribution in [0.3, 0.4) is 0 Å². The smallest absolute Gasteiger partial charge is 0.238 e. The first-order valence-corrected chi connectivity index (χ1v) is 12.5.